The molecule has 2 N–H and O–H groups in total. The fourth-order valence-corrected chi connectivity index (χ4v) is 2.94. The summed E-state index contributed by atoms with van der Waals surface area (Å²) >= 11 is 0. The monoisotopic (exact) mass is 270 g/mol. The Morgan fingerprint density at radius 2 is 1.67 bits per heavy atom. The van der Waals surface area contributed by atoms with E-state index in [1.807, 2.05) is 39.8 Å². The zero-order chi connectivity index (χ0) is 13.8. The van der Waals surface area contributed by atoms with Crippen LogP contribution in [0.2, 0.25) is 0 Å². The minimum Gasteiger partial charge on any atom is -0.313 e. The Labute approximate surface area is 110 Å². The van der Waals surface area contributed by atoms with Gasteiger partial charge in [-0.3, -0.25) is 0 Å². The first kappa shape index (κ1) is 15.1. The quantitative estimate of drug-likeness (QED) is 0.859. The van der Waals surface area contributed by atoms with Crippen molar-refractivity contribution in [3.63, 3.8) is 0 Å². The normalized spacial score (nSPS) is 12.7. The highest BCUT2D eigenvalue weighted by molar-refractivity contribution is 7.89. The molecule has 0 aliphatic carbocycles. The van der Waals surface area contributed by atoms with Gasteiger partial charge in [0.15, 0.2) is 0 Å². The minimum absolute atomic E-state index is 0.303. The molecule has 0 aliphatic heterocycles. The Kier molecular flexibility index (Phi) is 4.90. The molecule has 0 spiro atoms. The zero-order valence-corrected chi connectivity index (χ0v) is 12.3. The van der Waals surface area contributed by atoms with Gasteiger partial charge in [0.2, 0.25) is 10.0 Å². The maximum Gasteiger partial charge on any atom is 0.241 e. The molecule has 1 rings (SSSR count). The lowest BCUT2D eigenvalue weighted by Crippen LogP contribution is -2.40. The third-order valence-electron chi connectivity index (χ3n) is 2.25. The van der Waals surface area contributed by atoms with E-state index in [1.165, 1.54) is 0 Å². The standard InChI is InChI=1S/C13H22N2O2S/c1-5-14-10-11-6-8-12(9-7-11)18(16,17)15-13(2,3)4/h6-9,14-15H,5,10H2,1-4H3. The van der Waals surface area contributed by atoms with Gasteiger partial charge >= 0.3 is 0 Å². The van der Waals surface area contributed by atoms with E-state index in [0.717, 1.165) is 18.7 Å². The summed E-state index contributed by atoms with van der Waals surface area (Å²) in [7, 11) is -3.43. The SMILES string of the molecule is CCNCc1ccc(S(=O)(=O)NC(C)(C)C)cc1. The smallest absolute Gasteiger partial charge is 0.241 e. The maximum absolute atomic E-state index is 12.0. The number of hydrogen-bond acceptors (Lipinski definition) is 3. The molecular weight excluding hydrogens is 248 g/mol. The summed E-state index contributed by atoms with van der Waals surface area (Å²) in [6, 6.07) is 6.95. The Morgan fingerprint density at radius 3 is 2.11 bits per heavy atom. The topological polar surface area (TPSA) is 58.2 Å². The molecule has 0 bridgehead atoms. The minimum atomic E-state index is -3.43. The van der Waals surface area contributed by atoms with Crippen molar-refractivity contribution < 1.29 is 8.42 Å². The first-order chi connectivity index (χ1) is 8.24. The maximum atomic E-state index is 12.0. The summed E-state index contributed by atoms with van der Waals surface area (Å²) in [5.74, 6) is 0. The molecule has 0 aromatic heterocycles. The van der Waals surface area contributed by atoms with Gasteiger partial charge in [-0.05, 0) is 45.0 Å². The number of rotatable bonds is 5. The first-order valence-corrected chi connectivity index (χ1v) is 7.56. The van der Waals surface area contributed by atoms with Crippen LogP contribution in [0.1, 0.15) is 33.3 Å². The Morgan fingerprint density at radius 1 is 1.11 bits per heavy atom. The molecule has 0 saturated heterocycles. The summed E-state index contributed by atoms with van der Waals surface area (Å²) in [4.78, 5) is 0.303. The molecule has 0 aliphatic rings. The Balaban J connectivity index is 2.84. The third-order valence-corrected chi connectivity index (χ3v) is 4.03. The second-order valence-corrected chi connectivity index (χ2v) is 6.96. The molecule has 0 heterocycles. The molecule has 0 saturated carbocycles. The van der Waals surface area contributed by atoms with Gasteiger partial charge in [-0.2, -0.15) is 0 Å². The van der Waals surface area contributed by atoms with Gasteiger partial charge in [0.05, 0.1) is 4.90 Å². The predicted molar refractivity (Wildman–Crippen MR) is 73.9 cm³/mol. The highest BCUT2D eigenvalue weighted by atomic mass is 32.2. The highest BCUT2D eigenvalue weighted by Gasteiger charge is 2.21. The van der Waals surface area contributed by atoms with Crippen LogP contribution >= 0.6 is 0 Å². The van der Waals surface area contributed by atoms with E-state index in [1.54, 1.807) is 12.1 Å². The summed E-state index contributed by atoms with van der Waals surface area (Å²) in [5.41, 5.74) is 0.605. The van der Waals surface area contributed by atoms with Gasteiger partial charge in [-0.1, -0.05) is 19.1 Å². The molecule has 1 aromatic carbocycles. The average Bonchev–Trinajstić information content (AvgIpc) is 2.23. The summed E-state index contributed by atoms with van der Waals surface area (Å²) in [6.45, 7) is 9.15. The zero-order valence-electron chi connectivity index (χ0n) is 11.4. The van der Waals surface area contributed by atoms with Crippen molar-refractivity contribution in [3.8, 4) is 0 Å². The van der Waals surface area contributed by atoms with Crippen LogP contribution in [0.25, 0.3) is 0 Å². The van der Waals surface area contributed by atoms with Crippen LogP contribution in [-0.4, -0.2) is 20.5 Å². The summed E-state index contributed by atoms with van der Waals surface area (Å²) in [6.07, 6.45) is 0. The van der Waals surface area contributed by atoms with Crippen LogP contribution in [-0.2, 0) is 16.6 Å². The van der Waals surface area contributed by atoms with E-state index >= 15 is 0 Å². The molecule has 0 amide bonds. The molecule has 0 radical (unpaired) electrons. The molecule has 1 aromatic rings. The molecule has 18 heavy (non-hydrogen) atoms. The lowest BCUT2D eigenvalue weighted by Gasteiger charge is -2.20. The number of sulfonamides is 1. The molecule has 4 nitrogen and oxygen atoms in total. The van der Waals surface area contributed by atoms with Crippen molar-refractivity contribution >= 4 is 10.0 Å². The third kappa shape index (κ3) is 4.76. The Bertz CT molecular complexity index is 473. The molecule has 0 fully saturated rings. The van der Waals surface area contributed by atoms with E-state index in [-0.39, 0.29) is 0 Å². The highest BCUT2D eigenvalue weighted by Crippen LogP contribution is 2.13. The van der Waals surface area contributed by atoms with Crippen LogP contribution < -0.4 is 10.0 Å². The van der Waals surface area contributed by atoms with Gasteiger partial charge < -0.3 is 5.32 Å². The van der Waals surface area contributed by atoms with E-state index < -0.39 is 15.6 Å². The van der Waals surface area contributed by atoms with Crippen molar-refractivity contribution in [2.75, 3.05) is 6.54 Å². The second kappa shape index (κ2) is 5.82. The van der Waals surface area contributed by atoms with Crippen LogP contribution in [0.3, 0.4) is 0 Å². The number of benzene rings is 1. The largest absolute Gasteiger partial charge is 0.313 e. The molecule has 102 valence electrons. The van der Waals surface area contributed by atoms with E-state index in [2.05, 4.69) is 10.0 Å². The molecule has 0 unspecified atom stereocenters. The van der Waals surface area contributed by atoms with E-state index in [9.17, 15) is 8.42 Å². The van der Waals surface area contributed by atoms with Gasteiger partial charge in [0, 0.05) is 12.1 Å². The van der Waals surface area contributed by atoms with Crippen molar-refractivity contribution in [1.82, 2.24) is 10.0 Å². The molecule has 5 heteroatoms. The van der Waals surface area contributed by atoms with E-state index in [4.69, 9.17) is 0 Å². The van der Waals surface area contributed by atoms with Crippen molar-refractivity contribution in [1.29, 1.82) is 0 Å². The molecular formula is C13H22N2O2S. The fraction of sp³-hybridized carbons (Fsp3) is 0.538. The fourth-order valence-electron chi connectivity index (χ4n) is 1.52. The number of hydrogen-bond donors (Lipinski definition) is 2. The lowest BCUT2D eigenvalue weighted by atomic mass is 10.1. The summed E-state index contributed by atoms with van der Waals surface area (Å²) < 4.78 is 26.7. The van der Waals surface area contributed by atoms with Crippen molar-refractivity contribution in [2.45, 2.75) is 44.7 Å². The van der Waals surface area contributed by atoms with Crippen LogP contribution in [0.5, 0.6) is 0 Å². The predicted octanol–water partition coefficient (Wildman–Crippen LogP) is 1.87. The van der Waals surface area contributed by atoms with Gasteiger partial charge in [0.25, 0.3) is 0 Å². The second-order valence-electron chi connectivity index (χ2n) is 5.28. The van der Waals surface area contributed by atoms with Gasteiger partial charge in [-0.15, -0.1) is 0 Å². The van der Waals surface area contributed by atoms with Crippen LogP contribution in [0, 0.1) is 0 Å². The lowest BCUT2D eigenvalue weighted by molar-refractivity contribution is 0.491. The van der Waals surface area contributed by atoms with Crippen molar-refractivity contribution in [3.05, 3.63) is 29.8 Å². The van der Waals surface area contributed by atoms with Gasteiger partial charge in [0.1, 0.15) is 0 Å². The number of nitrogens with one attached hydrogen (secondary N) is 2. The molecule has 0 atom stereocenters. The van der Waals surface area contributed by atoms with Gasteiger partial charge in [-0.25, -0.2) is 13.1 Å². The Hall–Kier alpha value is -0.910. The summed E-state index contributed by atoms with van der Waals surface area (Å²) in [5, 5.41) is 3.20. The average molecular weight is 270 g/mol. The van der Waals surface area contributed by atoms with Crippen LogP contribution in [0.4, 0.5) is 0 Å². The van der Waals surface area contributed by atoms with E-state index in [0.29, 0.717) is 4.90 Å². The van der Waals surface area contributed by atoms with Crippen LogP contribution in [0.15, 0.2) is 29.2 Å². The first-order valence-electron chi connectivity index (χ1n) is 6.08. The van der Waals surface area contributed by atoms with Crippen molar-refractivity contribution in [2.24, 2.45) is 0 Å².